The molecule has 0 aromatic heterocycles. The molecule has 1 saturated heterocycles. The fourth-order valence-electron chi connectivity index (χ4n) is 3.25. The lowest BCUT2D eigenvalue weighted by Gasteiger charge is -2.41. The van der Waals surface area contributed by atoms with Gasteiger partial charge in [-0.15, -0.1) is 0 Å². The highest BCUT2D eigenvalue weighted by Crippen LogP contribution is 2.20. The van der Waals surface area contributed by atoms with Crippen LogP contribution in [0.5, 0.6) is 0 Å². The average Bonchev–Trinajstić information content (AvgIpc) is 2.39. The summed E-state index contributed by atoms with van der Waals surface area (Å²) in [7, 11) is 0. The van der Waals surface area contributed by atoms with Gasteiger partial charge in [0.05, 0.1) is 26.2 Å². The van der Waals surface area contributed by atoms with Crippen molar-refractivity contribution in [3.8, 4) is 0 Å². The first-order chi connectivity index (χ1) is 8.83. The number of quaternary nitrogens is 1. The summed E-state index contributed by atoms with van der Waals surface area (Å²) in [4.78, 5) is 0. The van der Waals surface area contributed by atoms with E-state index in [1.165, 1.54) is 88.4 Å². The molecule has 1 aliphatic rings. The van der Waals surface area contributed by atoms with Crippen LogP contribution in [0, 0.1) is 0 Å². The molecule has 0 atom stereocenters. The molecule has 1 fully saturated rings. The van der Waals surface area contributed by atoms with Gasteiger partial charge in [-0.1, -0.05) is 19.3 Å². The fourth-order valence-corrected chi connectivity index (χ4v) is 3.68. The molecule has 0 bridgehead atoms. The van der Waals surface area contributed by atoms with Gasteiger partial charge in [-0.05, 0) is 45.1 Å². The maximum atomic E-state index is 5.51. The van der Waals surface area contributed by atoms with E-state index in [0.29, 0.717) is 0 Å². The number of rotatable bonds is 10. The number of piperidine rings is 1. The summed E-state index contributed by atoms with van der Waals surface area (Å²) in [5.41, 5.74) is 5.51. The molecule has 0 amide bonds. The highest BCUT2D eigenvalue weighted by molar-refractivity contribution is 7.80. The third-order valence-corrected chi connectivity index (χ3v) is 4.63. The molecule has 108 valence electrons. The Hall–Kier alpha value is 0.270. The zero-order valence-corrected chi connectivity index (χ0v) is 13.0. The summed E-state index contributed by atoms with van der Waals surface area (Å²) >= 11 is 4.46. The van der Waals surface area contributed by atoms with E-state index in [0.717, 1.165) is 12.3 Å². The molecule has 2 N–H and O–H groups in total. The molecule has 1 rings (SSSR count). The molecule has 1 heterocycles. The van der Waals surface area contributed by atoms with Gasteiger partial charge in [-0.2, -0.15) is 12.6 Å². The minimum atomic E-state index is 0.863. The van der Waals surface area contributed by atoms with Gasteiger partial charge in [0.1, 0.15) is 0 Å². The highest BCUT2D eigenvalue weighted by atomic mass is 32.1. The Morgan fingerprint density at radius 2 is 1.39 bits per heavy atom. The molecule has 0 aromatic rings. The number of hydrogen-bond donors (Lipinski definition) is 2. The van der Waals surface area contributed by atoms with Gasteiger partial charge in [-0.25, -0.2) is 0 Å². The van der Waals surface area contributed by atoms with Crippen LogP contribution < -0.4 is 5.73 Å². The second-order valence-corrected chi connectivity index (χ2v) is 6.38. The Bertz CT molecular complexity index is 185. The van der Waals surface area contributed by atoms with Crippen LogP contribution in [0.3, 0.4) is 0 Å². The van der Waals surface area contributed by atoms with Crippen LogP contribution in [-0.2, 0) is 0 Å². The van der Waals surface area contributed by atoms with E-state index >= 15 is 0 Å². The monoisotopic (exact) mass is 273 g/mol. The molecule has 0 aliphatic carbocycles. The number of unbranched alkanes of at least 4 members (excludes halogenated alkanes) is 5. The molecule has 0 radical (unpaired) electrons. The van der Waals surface area contributed by atoms with Gasteiger partial charge in [0, 0.05) is 5.75 Å². The van der Waals surface area contributed by atoms with Crippen molar-refractivity contribution in [1.82, 2.24) is 0 Å². The Morgan fingerprint density at radius 1 is 0.778 bits per heavy atom. The maximum absolute atomic E-state index is 5.51. The lowest BCUT2D eigenvalue weighted by atomic mass is 10.1. The first kappa shape index (κ1) is 16.3. The lowest BCUT2D eigenvalue weighted by Crippen LogP contribution is -2.53. The lowest BCUT2D eigenvalue weighted by molar-refractivity contribution is -0.930. The summed E-state index contributed by atoms with van der Waals surface area (Å²) in [5, 5.41) is 0. The first-order valence-electron chi connectivity index (χ1n) is 7.99. The minimum Gasteiger partial charge on any atom is -0.330 e. The smallest absolute Gasteiger partial charge is 0.0876 e. The van der Waals surface area contributed by atoms with Crippen molar-refractivity contribution in [2.75, 3.05) is 38.5 Å². The second kappa shape index (κ2) is 10.1. The van der Waals surface area contributed by atoms with Crippen LogP contribution in [-0.4, -0.2) is 43.0 Å². The van der Waals surface area contributed by atoms with Gasteiger partial charge in [-0.3, -0.25) is 0 Å². The maximum Gasteiger partial charge on any atom is 0.0876 e. The van der Waals surface area contributed by atoms with Crippen molar-refractivity contribution in [1.29, 1.82) is 0 Å². The molecular formula is C15H33N2S+. The zero-order valence-electron chi connectivity index (χ0n) is 12.1. The standard InChI is InChI=1S/C15H32N2S/c16-10-6-3-1-2-4-7-11-17(14-15-18)12-8-5-9-13-17/h1-16H2/p+1. The SMILES string of the molecule is NCCCCCCCC[N+]1(CCS)CCCCC1. The summed E-state index contributed by atoms with van der Waals surface area (Å²) in [6.07, 6.45) is 12.5. The Morgan fingerprint density at radius 3 is 2.00 bits per heavy atom. The molecular weight excluding hydrogens is 240 g/mol. The molecule has 0 spiro atoms. The Labute approximate surface area is 119 Å². The second-order valence-electron chi connectivity index (χ2n) is 5.93. The number of hydrogen-bond acceptors (Lipinski definition) is 2. The molecule has 1 aliphatic heterocycles. The van der Waals surface area contributed by atoms with Crippen LogP contribution in [0.2, 0.25) is 0 Å². The van der Waals surface area contributed by atoms with Crippen molar-refractivity contribution in [2.24, 2.45) is 5.73 Å². The van der Waals surface area contributed by atoms with E-state index < -0.39 is 0 Å². The van der Waals surface area contributed by atoms with Crippen molar-refractivity contribution in [3.63, 3.8) is 0 Å². The summed E-state index contributed by atoms with van der Waals surface area (Å²) < 4.78 is 1.37. The number of nitrogens with two attached hydrogens (primary N) is 1. The zero-order chi connectivity index (χ0) is 13.1. The average molecular weight is 274 g/mol. The van der Waals surface area contributed by atoms with Crippen LogP contribution >= 0.6 is 12.6 Å². The van der Waals surface area contributed by atoms with Gasteiger partial charge in [0.25, 0.3) is 0 Å². The van der Waals surface area contributed by atoms with Crippen molar-refractivity contribution in [2.45, 2.75) is 57.8 Å². The number of likely N-dealkylation sites (tertiary alicyclic amines) is 1. The van der Waals surface area contributed by atoms with E-state index in [1.54, 1.807) is 0 Å². The van der Waals surface area contributed by atoms with Crippen molar-refractivity contribution < 1.29 is 4.48 Å². The van der Waals surface area contributed by atoms with Gasteiger partial charge in [0.2, 0.25) is 0 Å². The third-order valence-electron chi connectivity index (χ3n) is 4.43. The summed E-state index contributed by atoms with van der Waals surface area (Å²) in [5.74, 6) is 1.05. The van der Waals surface area contributed by atoms with Crippen LogP contribution in [0.4, 0.5) is 0 Å². The quantitative estimate of drug-likeness (QED) is 0.357. The van der Waals surface area contributed by atoms with Crippen LogP contribution in [0.1, 0.15) is 57.8 Å². The van der Waals surface area contributed by atoms with Crippen molar-refractivity contribution in [3.05, 3.63) is 0 Å². The fraction of sp³-hybridized carbons (Fsp3) is 1.00. The molecule has 0 aromatic carbocycles. The molecule has 2 nitrogen and oxygen atoms in total. The molecule has 18 heavy (non-hydrogen) atoms. The minimum absolute atomic E-state index is 0.863. The highest BCUT2D eigenvalue weighted by Gasteiger charge is 2.28. The van der Waals surface area contributed by atoms with E-state index in [-0.39, 0.29) is 0 Å². The summed E-state index contributed by atoms with van der Waals surface area (Å²) in [6.45, 7) is 6.37. The third kappa shape index (κ3) is 6.44. The molecule has 3 heteroatoms. The Balaban J connectivity index is 2.10. The van der Waals surface area contributed by atoms with E-state index in [9.17, 15) is 0 Å². The summed E-state index contributed by atoms with van der Waals surface area (Å²) in [6, 6.07) is 0. The molecule has 0 saturated carbocycles. The molecule has 0 unspecified atom stereocenters. The van der Waals surface area contributed by atoms with Gasteiger partial charge >= 0.3 is 0 Å². The first-order valence-corrected chi connectivity index (χ1v) is 8.62. The van der Waals surface area contributed by atoms with E-state index in [4.69, 9.17) is 5.73 Å². The Kier molecular flexibility index (Phi) is 9.16. The predicted molar refractivity (Wildman–Crippen MR) is 84.2 cm³/mol. The normalized spacial score (nSPS) is 19.0. The van der Waals surface area contributed by atoms with E-state index in [2.05, 4.69) is 12.6 Å². The van der Waals surface area contributed by atoms with Gasteiger partial charge < -0.3 is 10.2 Å². The largest absolute Gasteiger partial charge is 0.330 e. The predicted octanol–water partition coefficient (Wildman–Crippen LogP) is 3.22. The van der Waals surface area contributed by atoms with Crippen molar-refractivity contribution >= 4 is 12.6 Å². The van der Waals surface area contributed by atoms with Crippen LogP contribution in [0.25, 0.3) is 0 Å². The van der Waals surface area contributed by atoms with Crippen LogP contribution in [0.15, 0.2) is 0 Å². The van der Waals surface area contributed by atoms with Gasteiger partial charge in [0.15, 0.2) is 0 Å². The van der Waals surface area contributed by atoms with E-state index in [1.807, 2.05) is 0 Å². The number of thiol groups is 1. The topological polar surface area (TPSA) is 26.0 Å². The number of nitrogens with zero attached hydrogens (tertiary/aromatic N) is 1.